The molecule has 1 aromatic heterocycles. The van der Waals surface area contributed by atoms with Gasteiger partial charge in [0.25, 0.3) is 5.91 Å². The third-order valence-electron chi connectivity index (χ3n) is 4.15. The number of para-hydroxylation sites is 1. The van der Waals surface area contributed by atoms with Gasteiger partial charge in [-0.05, 0) is 25.0 Å². The fraction of sp³-hybridized carbons (Fsp3) is 0.353. The van der Waals surface area contributed by atoms with E-state index in [2.05, 4.69) is 5.16 Å². The van der Waals surface area contributed by atoms with Crippen LogP contribution in [0.1, 0.15) is 34.3 Å². The first-order chi connectivity index (χ1) is 11.1. The van der Waals surface area contributed by atoms with E-state index in [4.69, 9.17) is 9.26 Å². The summed E-state index contributed by atoms with van der Waals surface area (Å²) in [5.41, 5.74) is 2.71. The molecular formula is C17H18N2O4. The molecule has 0 unspecified atom stereocenters. The van der Waals surface area contributed by atoms with Gasteiger partial charge in [-0.1, -0.05) is 30.3 Å². The molecule has 1 atom stereocenters. The van der Waals surface area contributed by atoms with E-state index in [0.29, 0.717) is 29.9 Å². The molecule has 2 aromatic rings. The number of aryl methyl sites for hydroxylation is 2. The summed E-state index contributed by atoms with van der Waals surface area (Å²) in [5, 5.41) is 3.93. The minimum atomic E-state index is -0.663. The Morgan fingerprint density at radius 3 is 2.83 bits per heavy atom. The number of hydrogen-bond acceptors (Lipinski definition) is 5. The van der Waals surface area contributed by atoms with Gasteiger partial charge in [-0.2, -0.15) is 0 Å². The molecule has 0 fully saturated rings. The third-order valence-corrected chi connectivity index (χ3v) is 4.15. The van der Waals surface area contributed by atoms with E-state index in [0.717, 1.165) is 11.3 Å². The number of nitrogens with zero attached hydrogens (tertiary/aromatic N) is 2. The first-order valence-electron chi connectivity index (χ1n) is 7.52. The van der Waals surface area contributed by atoms with Crippen molar-refractivity contribution in [3.63, 3.8) is 0 Å². The van der Waals surface area contributed by atoms with Crippen LogP contribution < -0.4 is 4.90 Å². The number of rotatable bonds is 3. The molecule has 120 valence electrons. The summed E-state index contributed by atoms with van der Waals surface area (Å²) in [6.45, 7) is 3.61. The zero-order valence-electron chi connectivity index (χ0n) is 13.3. The van der Waals surface area contributed by atoms with Crippen molar-refractivity contribution in [2.75, 3.05) is 12.0 Å². The van der Waals surface area contributed by atoms with Crippen LogP contribution in [0.15, 0.2) is 28.8 Å². The Bertz CT molecular complexity index is 766. The van der Waals surface area contributed by atoms with Crippen LogP contribution in [0, 0.1) is 6.92 Å². The van der Waals surface area contributed by atoms with Crippen LogP contribution in [0.25, 0.3) is 0 Å². The van der Waals surface area contributed by atoms with Gasteiger partial charge in [-0.3, -0.25) is 9.69 Å². The summed E-state index contributed by atoms with van der Waals surface area (Å²) in [6, 6.07) is 6.83. The van der Waals surface area contributed by atoms with E-state index < -0.39 is 12.0 Å². The molecular weight excluding hydrogens is 296 g/mol. The number of amides is 1. The topological polar surface area (TPSA) is 72.6 Å². The van der Waals surface area contributed by atoms with Crippen LogP contribution in [0.5, 0.6) is 0 Å². The fourth-order valence-corrected chi connectivity index (χ4v) is 3.02. The molecule has 3 rings (SSSR count). The maximum absolute atomic E-state index is 13.1. The highest BCUT2D eigenvalue weighted by molar-refractivity contribution is 6.12. The number of fused-ring (bicyclic) bond motifs is 1. The average Bonchev–Trinajstić information content (AvgIpc) is 3.13. The summed E-state index contributed by atoms with van der Waals surface area (Å²) in [5.74, 6) is -0.248. The highest BCUT2D eigenvalue weighted by atomic mass is 16.5. The molecule has 23 heavy (non-hydrogen) atoms. The molecule has 0 aliphatic carbocycles. The van der Waals surface area contributed by atoms with Crippen molar-refractivity contribution in [2.45, 2.75) is 32.7 Å². The van der Waals surface area contributed by atoms with Crippen molar-refractivity contribution in [1.29, 1.82) is 0 Å². The lowest BCUT2D eigenvalue weighted by Crippen LogP contribution is -2.43. The predicted octanol–water partition coefficient (Wildman–Crippen LogP) is 2.29. The SMILES string of the molecule is CCc1noc(C)c1C(=O)N1c2ccccc2C[C@H]1C(=O)OC. The monoisotopic (exact) mass is 314 g/mol. The van der Waals surface area contributed by atoms with Gasteiger partial charge in [0.15, 0.2) is 0 Å². The summed E-state index contributed by atoms with van der Waals surface area (Å²) < 4.78 is 10.0. The second-order valence-corrected chi connectivity index (χ2v) is 5.46. The van der Waals surface area contributed by atoms with Gasteiger partial charge in [0.05, 0.1) is 12.8 Å². The lowest BCUT2D eigenvalue weighted by molar-refractivity contribution is -0.141. The average molecular weight is 314 g/mol. The molecule has 0 radical (unpaired) electrons. The molecule has 6 nitrogen and oxygen atoms in total. The number of anilines is 1. The van der Waals surface area contributed by atoms with Crippen LogP contribution in [0.2, 0.25) is 0 Å². The van der Waals surface area contributed by atoms with Gasteiger partial charge in [0, 0.05) is 12.1 Å². The molecule has 1 amide bonds. The normalized spacial score (nSPS) is 16.3. The van der Waals surface area contributed by atoms with Crippen LogP contribution in [-0.4, -0.2) is 30.2 Å². The summed E-state index contributed by atoms with van der Waals surface area (Å²) >= 11 is 0. The molecule has 0 spiro atoms. The number of methoxy groups -OCH3 is 1. The van der Waals surface area contributed by atoms with Crippen LogP contribution in [0.3, 0.4) is 0 Å². The highest BCUT2D eigenvalue weighted by Gasteiger charge is 2.41. The second kappa shape index (κ2) is 5.87. The molecule has 2 heterocycles. The van der Waals surface area contributed by atoms with Gasteiger partial charge in [0.2, 0.25) is 0 Å². The number of esters is 1. The van der Waals surface area contributed by atoms with E-state index in [1.165, 1.54) is 12.0 Å². The number of hydrogen-bond donors (Lipinski definition) is 0. The third kappa shape index (κ3) is 2.40. The molecule has 1 aliphatic rings. The predicted molar refractivity (Wildman–Crippen MR) is 83.4 cm³/mol. The van der Waals surface area contributed by atoms with E-state index in [1.807, 2.05) is 31.2 Å². The lowest BCUT2D eigenvalue weighted by Gasteiger charge is -2.23. The minimum absolute atomic E-state index is 0.277. The summed E-state index contributed by atoms with van der Waals surface area (Å²) in [6.07, 6.45) is 1.02. The molecule has 0 bridgehead atoms. The number of carbonyl (C=O) groups is 2. The Balaban J connectivity index is 2.08. The highest BCUT2D eigenvalue weighted by Crippen LogP contribution is 2.34. The molecule has 0 saturated heterocycles. The van der Waals surface area contributed by atoms with Crippen molar-refractivity contribution in [2.24, 2.45) is 0 Å². The molecule has 6 heteroatoms. The van der Waals surface area contributed by atoms with Gasteiger partial charge in [-0.25, -0.2) is 4.79 Å². The zero-order valence-corrected chi connectivity index (χ0v) is 13.3. The van der Waals surface area contributed by atoms with Gasteiger partial charge < -0.3 is 9.26 Å². The minimum Gasteiger partial charge on any atom is -0.467 e. The van der Waals surface area contributed by atoms with Crippen molar-refractivity contribution in [3.8, 4) is 0 Å². The Hall–Kier alpha value is -2.63. The molecule has 0 saturated carbocycles. The Kier molecular flexibility index (Phi) is 3.90. The van der Waals surface area contributed by atoms with Crippen molar-refractivity contribution >= 4 is 17.6 Å². The smallest absolute Gasteiger partial charge is 0.329 e. The van der Waals surface area contributed by atoms with Crippen LogP contribution in [-0.2, 0) is 22.4 Å². The Morgan fingerprint density at radius 1 is 1.39 bits per heavy atom. The van der Waals surface area contributed by atoms with Crippen molar-refractivity contribution < 1.29 is 18.8 Å². The Morgan fingerprint density at radius 2 is 2.13 bits per heavy atom. The zero-order chi connectivity index (χ0) is 16.6. The maximum atomic E-state index is 13.1. The molecule has 1 aromatic carbocycles. The van der Waals surface area contributed by atoms with Crippen LogP contribution >= 0.6 is 0 Å². The van der Waals surface area contributed by atoms with Crippen molar-refractivity contribution in [3.05, 3.63) is 46.8 Å². The van der Waals surface area contributed by atoms with Crippen LogP contribution in [0.4, 0.5) is 5.69 Å². The van der Waals surface area contributed by atoms with Gasteiger partial charge >= 0.3 is 5.97 Å². The maximum Gasteiger partial charge on any atom is 0.329 e. The largest absolute Gasteiger partial charge is 0.467 e. The van der Waals surface area contributed by atoms with Gasteiger partial charge in [-0.15, -0.1) is 0 Å². The van der Waals surface area contributed by atoms with Gasteiger partial charge in [0.1, 0.15) is 17.4 Å². The Labute approximate surface area is 134 Å². The number of carbonyl (C=O) groups excluding carboxylic acids is 2. The lowest BCUT2D eigenvalue weighted by atomic mass is 10.1. The van der Waals surface area contributed by atoms with E-state index in [1.54, 1.807) is 6.92 Å². The van der Waals surface area contributed by atoms with E-state index in [9.17, 15) is 9.59 Å². The van der Waals surface area contributed by atoms with E-state index in [-0.39, 0.29) is 5.91 Å². The standard InChI is InChI=1S/C17H18N2O4/c1-4-12-15(10(2)23-18-12)16(20)19-13-8-6-5-7-11(13)9-14(19)17(21)22-3/h5-8,14H,4,9H2,1-3H3/t14-/m0/s1. The molecule has 0 N–H and O–H groups in total. The fourth-order valence-electron chi connectivity index (χ4n) is 3.02. The summed E-state index contributed by atoms with van der Waals surface area (Å²) in [4.78, 5) is 26.8. The first kappa shape index (κ1) is 15.3. The number of benzene rings is 1. The van der Waals surface area contributed by atoms with Crippen molar-refractivity contribution in [1.82, 2.24) is 5.16 Å². The summed E-state index contributed by atoms with van der Waals surface area (Å²) in [7, 11) is 1.33. The second-order valence-electron chi connectivity index (χ2n) is 5.46. The number of ether oxygens (including phenoxy) is 1. The van der Waals surface area contributed by atoms with E-state index >= 15 is 0 Å². The quantitative estimate of drug-likeness (QED) is 0.813. The number of aromatic nitrogens is 1. The molecule has 1 aliphatic heterocycles. The first-order valence-corrected chi connectivity index (χ1v) is 7.52.